The Morgan fingerprint density at radius 1 is 0.917 bits per heavy atom. The van der Waals surface area contributed by atoms with Crippen LogP contribution in [0.15, 0.2) is 67.0 Å². The number of hydrogen-bond donors (Lipinski definition) is 0. The van der Waals surface area contributed by atoms with Crippen molar-refractivity contribution in [2.24, 2.45) is 0 Å². The minimum absolute atomic E-state index is 0.0980. The quantitative estimate of drug-likeness (QED) is 0.382. The molecule has 0 bridgehead atoms. The lowest BCUT2D eigenvalue weighted by Crippen LogP contribution is -2.42. The van der Waals surface area contributed by atoms with Crippen molar-refractivity contribution in [3.8, 4) is 23.0 Å². The third kappa shape index (κ3) is 4.37. The van der Waals surface area contributed by atoms with Gasteiger partial charge in [-0.2, -0.15) is 0 Å². The van der Waals surface area contributed by atoms with E-state index in [0.717, 1.165) is 22.3 Å². The molecule has 3 heterocycles. The lowest BCUT2D eigenvalue weighted by molar-refractivity contribution is 0.0591. The molecule has 4 aromatic rings. The zero-order valence-corrected chi connectivity index (χ0v) is 20.4. The second-order valence-corrected chi connectivity index (χ2v) is 8.39. The Morgan fingerprint density at radius 3 is 2.39 bits per heavy atom. The van der Waals surface area contributed by atoms with Gasteiger partial charge in [-0.1, -0.05) is 0 Å². The molecular weight excluding hydrogens is 458 g/mol. The first-order valence-corrected chi connectivity index (χ1v) is 11.6. The van der Waals surface area contributed by atoms with Crippen LogP contribution in [0.4, 0.5) is 0 Å². The standard InChI is InChI=1S/C28H27N3O5/c1-33-19-6-8-20(9-7-19)36-17-24-23-16-26(35-3)25(34-2)15-18(23)11-14-31(24)28(32)22-10-13-30-27-21(22)5-4-12-29-27/h4-10,12-13,15-16,24H,11,14,17H2,1-3H3. The normalized spacial score (nSPS) is 14.8. The second kappa shape index (κ2) is 10.1. The van der Waals surface area contributed by atoms with Gasteiger partial charge in [0.1, 0.15) is 18.1 Å². The zero-order chi connectivity index (χ0) is 25.1. The highest BCUT2D eigenvalue weighted by molar-refractivity contribution is 6.05. The maximum absolute atomic E-state index is 13.9. The molecule has 5 rings (SSSR count). The summed E-state index contributed by atoms with van der Waals surface area (Å²) in [5.74, 6) is 2.61. The minimum Gasteiger partial charge on any atom is -0.497 e. The van der Waals surface area contributed by atoms with E-state index in [4.69, 9.17) is 18.9 Å². The summed E-state index contributed by atoms with van der Waals surface area (Å²) in [7, 11) is 4.85. The summed E-state index contributed by atoms with van der Waals surface area (Å²) in [6.07, 6.45) is 3.98. The third-order valence-corrected chi connectivity index (χ3v) is 6.48. The number of hydrogen-bond acceptors (Lipinski definition) is 7. The summed E-state index contributed by atoms with van der Waals surface area (Å²) in [5.41, 5.74) is 3.17. The fourth-order valence-corrected chi connectivity index (χ4v) is 4.62. The molecule has 8 nitrogen and oxygen atoms in total. The Bertz CT molecular complexity index is 1380. The Morgan fingerprint density at radius 2 is 1.64 bits per heavy atom. The van der Waals surface area contributed by atoms with Gasteiger partial charge in [0, 0.05) is 24.3 Å². The molecule has 36 heavy (non-hydrogen) atoms. The van der Waals surface area contributed by atoms with Gasteiger partial charge in [-0.15, -0.1) is 0 Å². The molecule has 1 atom stereocenters. The van der Waals surface area contributed by atoms with Crippen molar-refractivity contribution >= 4 is 16.9 Å². The van der Waals surface area contributed by atoms with Gasteiger partial charge in [-0.25, -0.2) is 9.97 Å². The first-order chi connectivity index (χ1) is 17.6. The van der Waals surface area contributed by atoms with Crippen LogP contribution in [0.2, 0.25) is 0 Å². The van der Waals surface area contributed by atoms with Crippen molar-refractivity contribution in [1.29, 1.82) is 0 Å². The van der Waals surface area contributed by atoms with Crippen molar-refractivity contribution in [2.75, 3.05) is 34.5 Å². The first kappa shape index (κ1) is 23.4. The minimum atomic E-state index is -0.344. The lowest BCUT2D eigenvalue weighted by Gasteiger charge is -2.37. The molecule has 1 aliphatic heterocycles. The van der Waals surface area contributed by atoms with E-state index in [1.807, 2.05) is 53.4 Å². The van der Waals surface area contributed by atoms with Crippen LogP contribution in [0.5, 0.6) is 23.0 Å². The summed E-state index contributed by atoms with van der Waals surface area (Å²) in [6.45, 7) is 0.795. The molecule has 8 heteroatoms. The predicted molar refractivity (Wildman–Crippen MR) is 135 cm³/mol. The number of pyridine rings is 2. The Labute approximate surface area is 209 Å². The molecular formula is C28H27N3O5. The van der Waals surface area contributed by atoms with Crippen molar-refractivity contribution in [3.63, 3.8) is 0 Å². The number of carbonyl (C=O) groups excluding carboxylic acids is 1. The van der Waals surface area contributed by atoms with Gasteiger partial charge in [0.2, 0.25) is 0 Å². The van der Waals surface area contributed by atoms with E-state index < -0.39 is 0 Å². The van der Waals surface area contributed by atoms with Gasteiger partial charge in [0.05, 0.1) is 32.9 Å². The SMILES string of the molecule is COc1ccc(OCC2c3cc(OC)c(OC)cc3CCN2C(=O)c2ccnc3ncccc23)cc1. The van der Waals surface area contributed by atoms with E-state index in [0.29, 0.717) is 41.4 Å². The van der Waals surface area contributed by atoms with Crippen LogP contribution in [0.1, 0.15) is 27.5 Å². The number of rotatable bonds is 7. The smallest absolute Gasteiger partial charge is 0.255 e. The Kier molecular flexibility index (Phi) is 6.58. The van der Waals surface area contributed by atoms with Crippen LogP contribution in [0.25, 0.3) is 11.0 Å². The van der Waals surface area contributed by atoms with Gasteiger partial charge in [0.25, 0.3) is 5.91 Å². The highest BCUT2D eigenvalue weighted by atomic mass is 16.5. The van der Waals surface area contributed by atoms with E-state index in [1.54, 1.807) is 39.8 Å². The summed E-state index contributed by atoms with van der Waals surface area (Å²) in [6, 6.07) is 16.4. The fourth-order valence-electron chi connectivity index (χ4n) is 4.62. The van der Waals surface area contributed by atoms with Crippen molar-refractivity contribution in [1.82, 2.24) is 14.9 Å². The summed E-state index contributed by atoms with van der Waals surface area (Å²) < 4.78 is 22.5. The molecule has 0 fully saturated rings. The molecule has 1 amide bonds. The van der Waals surface area contributed by atoms with Crippen molar-refractivity contribution < 1.29 is 23.7 Å². The number of methoxy groups -OCH3 is 3. The zero-order valence-electron chi connectivity index (χ0n) is 20.4. The molecule has 0 radical (unpaired) electrons. The number of aromatic nitrogens is 2. The molecule has 0 N–H and O–H groups in total. The van der Waals surface area contributed by atoms with Crippen molar-refractivity contribution in [3.05, 3.63) is 83.7 Å². The number of carbonyl (C=O) groups is 1. The van der Waals surface area contributed by atoms with Crippen LogP contribution in [-0.2, 0) is 6.42 Å². The lowest BCUT2D eigenvalue weighted by atomic mass is 9.91. The largest absolute Gasteiger partial charge is 0.497 e. The molecule has 0 saturated carbocycles. The first-order valence-electron chi connectivity index (χ1n) is 11.6. The van der Waals surface area contributed by atoms with Crippen molar-refractivity contribution in [2.45, 2.75) is 12.5 Å². The average Bonchev–Trinajstić information content (AvgIpc) is 2.94. The van der Waals surface area contributed by atoms with Gasteiger partial charge in [-0.05, 0) is 72.1 Å². The maximum atomic E-state index is 13.9. The molecule has 0 spiro atoms. The van der Waals surface area contributed by atoms with Crippen LogP contribution < -0.4 is 18.9 Å². The second-order valence-electron chi connectivity index (χ2n) is 8.39. The van der Waals surface area contributed by atoms with Crippen LogP contribution in [-0.4, -0.2) is 55.3 Å². The van der Waals surface area contributed by atoms with Crippen LogP contribution in [0, 0.1) is 0 Å². The Hall–Kier alpha value is -4.33. The molecule has 1 aliphatic rings. The summed E-state index contributed by atoms with van der Waals surface area (Å²) in [4.78, 5) is 24.4. The highest BCUT2D eigenvalue weighted by Crippen LogP contribution is 2.39. The summed E-state index contributed by atoms with van der Waals surface area (Å²) in [5, 5.41) is 0.720. The van der Waals surface area contributed by atoms with E-state index in [2.05, 4.69) is 9.97 Å². The van der Waals surface area contributed by atoms with Crippen LogP contribution >= 0.6 is 0 Å². The van der Waals surface area contributed by atoms with E-state index in [1.165, 1.54) is 0 Å². The molecule has 0 aliphatic carbocycles. The molecule has 0 saturated heterocycles. The van der Waals surface area contributed by atoms with Gasteiger partial charge in [-0.3, -0.25) is 4.79 Å². The van der Waals surface area contributed by atoms with E-state index in [9.17, 15) is 4.79 Å². The van der Waals surface area contributed by atoms with Gasteiger partial charge < -0.3 is 23.8 Å². The van der Waals surface area contributed by atoms with E-state index >= 15 is 0 Å². The predicted octanol–water partition coefficient (Wildman–Crippen LogP) is 4.47. The number of nitrogens with zero attached hydrogens (tertiary/aromatic N) is 3. The van der Waals surface area contributed by atoms with E-state index in [-0.39, 0.29) is 18.6 Å². The molecule has 2 aromatic carbocycles. The number of benzene rings is 2. The Balaban J connectivity index is 1.53. The number of fused-ring (bicyclic) bond motifs is 2. The average molecular weight is 486 g/mol. The fraction of sp³-hybridized carbons (Fsp3) is 0.250. The van der Waals surface area contributed by atoms with Gasteiger partial charge >= 0.3 is 0 Å². The number of amides is 1. The van der Waals surface area contributed by atoms with Gasteiger partial charge in [0.15, 0.2) is 17.1 Å². The highest BCUT2D eigenvalue weighted by Gasteiger charge is 2.34. The molecule has 2 aromatic heterocycles. The molecule has 184 valence electrons. The maximum Gasteiger partial charge on any atom is 0.255 e. The van der Waals surface area contributed by atoms with Crippen LogP contribution in [0.3, 0.4) is 0 Å². The molecule has 1 unspecified atom stereocenters. The third-order valence-electron chi connectivity index (χ3n) is 6.48. The number of ether oxygens (including phenoxy) is 4. The summed E-state index contributed by atoms with van der Waals surface area (Å²) >= 11 is 0. The monoisotopic (exact) mass is 485 g/mol. The topological polar surface area (TPSA) is 83.0 Å².